The molecule has 1 amide bonds. The molecule has 1 aliphatic heterocycles. The Morgan fingerprint density at radius 2 is 2.09 bits per heavy atom. The number of nitrogens with one attached hydrogen (secondary N) is 1. The van der Waals surface area contributed by atoms with Gasteiger partial charge in [0.15, 0.2) is 5.82 Å². The molecule has 6 heteroatoms. The lowest BCUT2D eigenvalue weighted by atomic mass is 9.85. The van der Waals surface area contributed by atoms with Gasteiger partial charge in [0, 0.05) is 13.0 Å². The summed E-state index contributed by atoms with van der Waals surface area (Å²) < 4.78 is 2.12. The molecule has 122 valence electrons. The lowest BCUT2D eigenvalue weighted by Gasteiger charge is -2.25. The highest BCUT2D eigenvalue weighted by molar-refractivity contribution is 5.81. The summed E-state index contributed by atoms with van der Waals surface area (Å²) in [5.41, 5.74) is 6.11. The number of carbonyl (C=O) groups excluding carboxylic acids is 1. The Hall–Kier alpha value is -1.43. The first-order valence-electron chi connectivity index (χ1n) is 8.63. The smallest absolute Gasteiger partial charge is 0.237 e. The van der Waals surface area contributed by atoms with Crippen LogP contribution in [0.25, 0.3) is 0 Å². The van der Waals surface area contributed by atoms with Gasteiger partial charge in [0.1, 0.15) is 5.82 Å². The zero-order valence-corrected chi connectivity index (χ0v) is 13.4. The maximum atomic E-state index is 12.3. The Bertz CT molecular complexity index is 521. The number of hydrogen-bond donors (Lipinski definition) is 2. The summed E-state index contributed by atoms with van der Waals surface area (Å²) in [6, 6.07) is -0.546. The van der Waals surface area contributed by atoms with E-state index < -0.39 is 6.04 Å². The molecule has 0 bridgehead atoms. The summed E-state index contributed by atoms with van der Waals surface area (Å²) in [6.45, 7) is 2.91. The lowest BCUT2D eigenvalue weighted by Crippen LogP contribution is -2.43. The fourth-order valence-electron chi connectivity index (χ4n) is 3.77. The van der Waals surface area contributed by atoms with Gasteiger partial charge in [-0.05, 0) is 25.7 Å². The summed E-state index contributed by atoms with van der Waals surface area (Å²) in [6.07, 6.45) is 9.21. The number of hydrogen-bond acceptors (Lipinski definition) is 4. The number of rotatable bonds is 5. The van der Waals surface area contributed by atoms with E-state index in [1.165, 1.54) is 32.1 Å². The minimum atomic E-state index is -0.411. The first-order valence-corrected chi connectivity index (χ1v) is 8.63. The van der Waals surface area contributed by atoms with Crippen molar-refractivity contribution in [2.75, 3.05) is 0 Å². The summed E-state index contributed by atoms with van der Waals surface area (Å²) in [5, 5.41) is 11.4. The third kappa shape index (κ3) is 3.32. The molecule has 2 heterocycles. The molecule has 0 aromatic carbocycles. The Morgan fingerprint density at radius 3 is 2.86 bits per heavy atom. The maximum absolute atomic E-state index is 12.3. The van der Waals surface area contributed by atoms with Gasteiger partial charge in [-0.25, -0.2) is 0 Å². The van der Waals surface area contributed by atoms with Crippen LogP contribution in [0.4, 0.5) is 0 Å². The predicted molar refractivity (Wildman–Crippen MR) is 84.1 cm³/mol. The van der Waals surface area contributed by atoms with Crippen molar-refractivity contribution in [1.82, 2.24) is 20.1 Å². The number of carbonyl (C=O) groups is 1. The highest BCUT2D eigenvalue weighted by atomic mass is 16.2. The molecule has 0 radical (unpaired) electrons. The molecular weight excluding hydrogens is 278 g/mol. The van der Waals surface area contributed by atoms with E-state index in [4.69, 9.17) is 5.73 Å². The topological polar surface area (TPSA) is 85.8 Å². The van der Waals surface area contributed by atoms with Crippen molar-refractivity contribution >= 4 is 5.91 Å². The first kappa shape index (κ1) is 15.5. The van der Waals surface area contributed by atoms with Gasteiger partial charge in [-0.3, -0.25) is 4.79 Å². The average Bonchev–Trinajstić information content (AvgIpc) is 3.10. The van der Waals surface area contributed by atoms with Crippen LogP contribution in [0.5, 0.6) is 0 Å². The van der Waals surface area contributed by atoms with E-state index in [0.29, 0.717) is 5.92 Å². The lowest BCUT2D eigenvalue weighted by molar-refractivity contribution is -0.123. The highest BCUT2D eigenvalue weighted by Crippen LogP contribution is 2.27. The fourth-order valence-corrected chi connectivity index (χ4v) is 3.77. The molecular formula is C16H27N5O. The molecule has 3 rings (SSSR count). The minimum Gasteiger partial charge on any atom is -0.345 e. The molecule has 2 aliphatic rings. The Kier molecular flexibility index (Phi) is 4.76. The SMILES string of the molecule is CC(NC(=O)C(N)CC1CCCCC1)c1nnc2n1CCC2. The van der Waals surface area contributed by atoms with Gasteiger partial charge in [0.2, 0.25) is 5.91 Å². The predicted octanol–water partition coefficient (Wildman–Crippen LogP) is 1.70. The number of aromatic nitrogens is 3. The number of fused-ring (bicyclic) bond motifs is 1. The molecule has 1 aromatic heterocycles. The van der Waals surface area contributed by atoms with Crippen molar-refractivity contribution in [2.24, 2.45) is 11.7 Å². The summed E-state index contributed by atoms with van der Waals surface area (Å²) in [4.78, 5) is 12.3. The maximum Gasteiger partial charge on any atom is 0.237 e. The van der Waals surface area contributed by atoms with Crippen molar-refractivity contribution in [3.05, 3.63) is 11.6 Å². The molecule has 6 nitrogen and oxygen atoms in total. The zero-order chi connectivity index (χ0) is 15.5. The second-order valence-corrected chi connectivity index (χ2v) is 6.81. The normalized spacial score (nSPS) is 21.4. The van der Waals surface area contributed by atoms with Crippen LogP contribution in [-0.4, -0.2) is 26.7 Å². The van der Waals surface area contributed by atoms with E-state index in [0.717, 1.165) is 37.5 Å². The molecule has 1 fully saturated rings. The Balaban J connectivity index is 1.53. The van der Waals surface area contributed by atoms with E-state index in [-0.39, 0.29) is 11.9 Å². The van der Waals surface area contributed by atoms with Gasteiger partial charge < -0.3 is 15.6 Å². The zero-order valence-electron chi connectivity index (χ0n) is 13.4. The molecule has 0 saturated heterocycles. The van der Waals surface area contributed by atoms with E-state index in [9.17, 15) is 4.79 Å². The molecule has 1 saturated carbocycles. The third-order valence-electron chi connectivity index (χ3n) is 5.03. The summed E-state index contributed by atoms with van der Waals surface area (Å²) in [7, 11) is 0. The van der Waals surface area contributed by atoms with Crippen molar-refractivity contribution in [1.29, 1.82) is 0 Å². The van der Waals surface area contributed by atoms with Crippen molar-refractivity contribution < 1.29 is 4.79 Å². The fraction of sp³-hybridized carbons (Fsp3) is 0.812. The van der Waals surface area contributed by atoms with Crippen LogP contribution in [0.1, 0.15) is 69.6 Å². The van der Waals surface area contributed by atoms with Crippen molar-refractivity contribution in [3.63, 3.8) is 0 Å². The van der Waals surface area contributed by atoms with Crippen molar-refractivity contribution in [2.45, 2.75) is 76.9 Å². The number of nitrogens with two attached hydrogens (primary N) is 1. The quantitative estimate of drug-likeness (QED) is 0.867. The second-order valence-electron chi connectivity index (χ2n) is 6.81. The van der Waals surface area contributed by atoms with Crippen molar-refractivity contribution in [3.8, 4) is 0 Å². The molecule has 1 aromatic rings. The van der Waals surface area contributed by atoms with E-state index >= 15 is 0 Å². The molecule has 1 aliphatic carbocycles. The van der Waals surface area contributed by atoms with E-state index in [1.807, 2.05) is 6.92 Å². The van der Waals surface area contributed by atoms with Gasteiger partial charge in [-0.2, -0.15) is 0 Å². The monoisotopic (exact) mass is 305 g/mol. The number of aryl methyl sites for hydroxylation is 1. The van der Waals surface area contributed by atoms with Crippen LogP contribution in [-0.2, 0) is 17.8 Å². The minimum absolute atomic E-state index is 0.0616. The van der Waals surface area contributed by atoms with Crippen LogP contribution < -0.4 is 11.1 Å². The first-order chi connectivity index (χ1) is 10.6. The Morgan fingerprint density at radius 1 is 1.32 bits per heavy atom. The molecule has 22 heavy (non-hydrogen) atoms. The van der Waals surface area contributed by atoms with Crippen LogP contribution in [0.2, 0.25) is 0 Å². The van der Waals surface area contributed by atoms with E-state index in [1.54, 1.807) is 0 Å². The molecule has 2 unspecified atom stereocenters. The third-order valence-corrected chi connectivity index (χ3v) is 5.03. The number of nitrogens with zero attached hydrogens (tertiary/aromatic N) is 3. The Labute approximate surface area is 131 Å². The standard InChI is InChI=1S/C16H27N5O/c1-11(15-20-19-14-8-5-9-21(14)15)18-16(22)13(17)10-12-6-3-2-4-7-12/h11-13H,2-10,17H2,1H3,(H,18,22). The van der Waals surface area contributed by atoms with Gasteiger partial charge in [-0.15, -0.1) is 10.2 Å². The average molecular weight is 305 g/mol. The van der Waals surface area contributed by atoms with Gasteiger partial charge in [-0.1, -0.05) is 32.1 Å². The number of amides is 1. The summed E-state index contributed by atoms with van der Waals surface area (Å²) >= 11 is 0. The van der Waals surface area contributed by atoms with E-state index in [2.05, 4.69) is 20.1 Å². The van der Waals surface area contributed by atoms with Crippen LogP contribution in [0.15, 0.2) is 0 Å². The highest BCUT2D eigenvalue weighted by Gasteiger charge is 2.25. The van der Waals surface area contributed by atoms with Gasteiger partial charge in [0.25, 0.3) is 0 Å². The largest absolute Gasteiger partial charge is 0.345 e. The molecule has 3 N–H and O–H groups in total. The molecule has 0 spiro atoms. The molecule has 2 atom stereocenters. The van der Waals surface area contributed by atoms with Gasteiger partial charge in [0.05, 0.1) is 12.1 Å². The second kappa shape index (κ2) is 6.77. The van der Waals surface area contributed by atoms with Crippen LogP contribution >= 0.6 is 0 Å². The van der Waals surface area contributed by atoms with Gasteiger partial charge >= 0.3 is 0 Å². The summed E-state index contributed by atoms with van der Waals surface area (Å²) in [5.74, 6) is 2.43. The van der Waals surface area contributed by atoms with Crippen LogP contribution in [0.3, 0.4) is 0 Å². The van der Waals surface area contributed by atoms with Crippen LogP contribution in [0, 0.1) is 5.92 Å².